The first kappa shape index (κ1) is 17.7. The van der Waals surface area contributed by atoms with Gasteiger partial charge in [0.2, 0.25) is 0 Å². The molecular weight excluding hydrogens is 297 g/mol. The van der Waals surface area contributed by atoms with E-state index in [4.69, 9.17) is 12.2 Å². The summed E-state index contributed by atoms with van der Waals surface area (Å²) in [5.74, 6) is 0. The van der Waals surface area contributed by atoms with Crippen LogP contribution in [-0.4, -0.2) is 43.3 Å². The number of benzene rings is 2. The van der Waals surface area contributed by atoms with E-state index < -0.39 is 0 Å². The Morgan fingerprint density at radius 1 is 0.900 bits per heavy atom. The van der Waals surface area contributed by atoms with E-state index in [9.17, 15) is 4.55 Å². The normalized spacial score (nSPS) is 9.65. The average molecular weight is 313 g/mol. The molecule has 2 aromatic carbocycles. The molecule has 0 saturated carbocycles. The van der Waals surface area contributed by atoms with E-state index in [0.29, 0.717) is 29.5 Å². The molecule has 0 spiro atoms. The first-order valence-corrected chi connectivity index (χ1v) is 7.16. The van der Waals surface area contributed by atoms with E-state index in [2.05, 4.69) is 24.3 Å². The Morgan fingerprint density at radius 2 is 1.30 bits per heavy atom. The first-order chi connectivity index (χ1) is 9.29. The van der Waals surface area contributed by atoms with Crippen LogP contribution in [-0.2, 0) is 13.1 Å². The van der Waals surface area contributed by atoms with Gasteiger partial charge in [-0.2, -0.15) is 0 Å². The molecule has 0 amide bonds. The van der Waals surface area contributed by atoms with Crippen LogP contribution in [0.15, 0.2) is 60.7 Å². The van der Waals surface area contributed by atoms with Crippen LogP contribution in [0.5, 0.6) is 0 Å². The van der Waals surface area contributed by atoms with Crippen molar-refractivity contribution in [2.45, 2.75) is 13.1 Å². The van der Waals surface area contributed by atoms with Crippen LogP contribution >= 0.6 is 24.3 Å². The predicted molar refractivity (Wildman–Crippen MR) is 92.1 cm³/mol. The number of hydrogen-bond donors (Lipinski definition) is 1. The van der Waals surface area contributed by atoms with Crippen molar-refractivity contribution < 1.29 is 4.55 Å². The molecule has 0 aliphatic rings. The van der Waals surface area contributed by atoms with Crippen molar-refractivity contribution >= 4 is 58.1 Å². The van der Waals surface area contributed by atoms with Gasteiger partial charge >= 0.3 is 29.6 Å². The molecule has 2 rings (SSSR count). The quantitative estimate of drug-likeness (QED) is 0.530. The monoisotopic (exact) mass is 313 g/mol. The molecule has 0 aliphatic carbocycles. The van der Waals surface area contributed by atoms with Gasteiger partial charge in [0.25, 0.3) is 0 Å². The summed E-state index contributed by atoms with van der Waals surface area (Å²) in [6, 6.07) is 20.2. The van der Waals surface area contributed by atoms with E-state index in [1.807, 2.05) is 41.3 Å². The molecule has 2 aromatic rings. The van der Waals surface area contributed by atoms with Crippen LogP contribution in [0.25, 0.3) is 0 Å². The van der Waals surface area contributed by atoms with E-state index >= 15 is 0 Å². The Morgan fingerprint density at radius 3 is 1.65 bits per heavy atom. The molecule has 2 nitrogen and oxygen atoms in total. The summed E-state index contributed by atoms with van der Waals surface area (Å²) in [6.07, 6.45) is 0. The van der Waals surface area contributed by atoms with Gasteiger partial charge in [-0.05, 0) is 11.1 Å². The van der Waals surface area contributed by atoms with Crippen LogP contribution < -0.4 is 0 Å². The van der Waals surface area contributed by atoms with Gasteiger partial charge in [0, 0.05) is 13.1 Å². The second kappa shape index (κ2) is 9.55. The van der Waals surface area contributed by atoms with Gasteiger partial charge in [-0.25, -0.2) is 0 Å². The molecule has 0 aromatic heterocycles. The van der Waals surface area contributed by atoms with Crippen LogP contribution in [0.3, 0.4) is 0 Å². The third-order valence-electron chi connectivity index (χ3n) is 2.77. The van der Waals surface area contributed by atoms with E-state index in [1.165, 1.54) is 11.1 Å². The Labute approximate surface area is 151 Å². The minimum absolute atomic E-state index is 0. The van der Waals surface area contributed by atoms with Gasteiger partial charge < -0.3 is 9.45 Å². The maximum absolute atomic E-state index is 9.20. The molecule has 0 aliphatic heterocycles. The Balaban J connectivity index is 0.00000200. The Hall–Kier alpha value is -0.360. The molecule has 0 bridgehead atoms. The van der Waals surface area contributed by atoms with Crippen molar-refractivity contribution in [2.75, 3.05) is 0 Å². The zero-order valence-corrected chi connectivity index (χ0v) is 12.0. The summed E-state index contributed by atoms with van der Waals surface area (Å²) in [4.78, 5) is 1.99. The van der Waals surface area contributed by atoms with Crippen molar-refractivity contribution in [3.8, 4) is 0 Å². The second-order valence-corrected chi connectivity index (χ2v) is 5.40. The molecular formula is C15H16NNaOS2. The van der Waals surface area contributed by atoms with Crippen molar-refractivity contribution in [1.29, 1.82) is 0 Å². The number of nitrogens with zero attached hydrogens (tertiary/aromatic N) is 1. The van der Waals surface area contributed by atoms with Crippen molar-refractivity contribution in [1.82, 2.24) is 4.90 Å². The van der Waals surface area contributed by atoms with Crippen LogP contribution in [0.1, 0.15) is 11.1 Å². The SMILES string of the molecule is OSC(=S)N(Cc1ccccc1)Cc1ccccc1.[NaH]. The number of hydrogen-bond acceptors (Lipinski definition) is 3. The number of rotatable bonds is 4. The molecule has 0 unspecified atom stereocenters. The van der Waals surface area contributed by atoms with E-state index in [-0.39, 0.29) is 29.6 Å². The standard InChI is InChI=1S/C15H15NOS2.Na.H/c17-19-15(18)16(11-13-7-3-1-4-8-13)12-14-9-5-2-6-10-14;;/h1-10,17H,11-12H2;;. The fraction of sp³-hybridized carbons (Fsp3) is 0.133. The summed E-state index contributed by atoms with van der Waals surface area (Å²) >= 11 is 5.84. The predicted octanol–water partition coefficient (Wildman–Crippen LogP) is 3.53. The van der Waals surface area contributed by atoms with Crippen molar-refractivity contribution in [2.24, 2.45) is 0 Å². The minimum atomic E-state index is 0. The van der Waals surface area contributed by atoms with Gasteiger partial charge in [0.05, 0.1) is 12.0 Å². The molecule has 0 saturated heterocycles. The number of thiocarbonyl (C=S) groups is 1. The van der Waals surface area contributed by atoms with E-state index in [1.54, 1.807) is 0 Å². The third kappa shape index (κ3) is 5.56. The summed E-state index contributed by atoms with van der Waals surface area (Å²) in [7, 11) is 0. The zero-order chi connectivity index (χ0) is 13.5. The summed E-state index contributed by atoms with van der Waals surface area (Å²) < 4.78 is 9.69. The van der Waals surface area contributed by atoms with Crippen LogP contribution in [0, 0.1) is 0 Å². The molecule has 20 heavy (non-hydrogen) atoms. The van der Waals surface area contributed by atoms with Crippen LogP contribution in [0.2, 0.25) is 0 Å². The second-order valence-electron chi connectivity index (χ2n) is 4.18. The molecule has 100 valence electrons. The topological polar surface area (TPSA) is 23.5 Å². The summed E-state index contributed by atoms with van der Waals surface area (Å²) in [5.41, 5.74) is 2.35. The molecule has 0 radical (unpaired) electrons. The van der Waals surface area contributed by atoms with E-state index in [0.717, 1.165) is 0 Å². The Kier molecular flexibility index (Phi) is 8.45. The summed E-state index contributed by atoms with van der Waals surface area (Å²) in [5, 5.41) is 0. The van der Waals surface area contributed by atoms with Gasteiger partial charge in [-0.15, -0.1) is 0 Å². The Bertz CT molecular complexity index is 480. The third-order valence-corrected chi connectivity index (χ3v) is 3.66. The molecule has 5 heteroatoms. The molecule has 1 N–H and O–H groups in total. The fourth-order valence-corrected chi connectivity index (χ4v) is 2.22. The first-order valence-electron chi connectivity index (χ1n) is 5.98. The van der Waals surface area contributed by atoms with Crippen LogP contribution in [0.4, 0.5) is 0 Å². The van der Waals surface area contributed by atoms with Gasteiger partial charge in [0.15, 0.2) is 4.32 Å². The van der Waals surface area contributed by atoms with Gasteiger partial charge in [-0.3, -0.25) is 0 Å². The zero-order valence-electron chi connectivity index (χ0n) is 10.4. The fourth-order valence-electron chi connectivity index (χ4n) is 1.85. The van der Waals surface area contributed by atoms with Gasteiger partial charge in [0.1, 0.15) is 0 Å². The molecule has 0 atom stereocenters. The van der Waals surface area contributed by atoms with Gasteiger partial charge in [-0.1, -0.05) is 72.9 Å². The summed E-state index contributed by atoms with van der Waals surface area (Å²) in [6.45, 7) is 1.39. The van der Waals surface area contributed by atoms with Crippen molar-refractivity contribution in [3.63, 3.8) is 0 Å². The maximum atomic E-state index is 9.20. The average Bonchev–Trinajstić information content (AvgIpc) is 2.48. The van der Waals surface area contributed by atoms with Crippen molar-refractivity contribution in [3.05, 3.63) is 71.8 Å². The molecule has 0 fully saturated rings. The molecule has 0 heterocycles.